The predicted molar refractivity (Wildman–Crippen MR) is 73.7 cm³/mol. The summed E-state index contributed by atoms with van der Waals surface area (Å²) in [6, 6.07) is 7.31. The van der Waals surface area contributed by atoms with Crippen LogP contribution in [0, 0.1) is 0 Å². The Hall–Kier alpha value is -1.40. The van der Waals surface area contributed by atoms with Crippen LogP contribution in [-0.4, -0.2) is 34.2 Å². The quantitative estimate of drug-likeness (QED) is 0.734. The molecule has 0 fully saturated rings. The molecule has 0 heterocycles. The van der Waals surface area contributed by atoms with Crippen LogP contribution >= 0.6 is 15.9 Å². The zero-order valence-corrected chi connectivity index (χ0v) is 12.1. The van der Waals surface area contributed by atoms with Gasteiger partial charge in [0.15, 0.2) is 0 Å². The fourth-order valence-electron chi connectivity index (χ4n) is 1.53. The van der Waals surface area contributed by atoms with Gasteiger partial charge in [-0.1, -0.05) is 28.1 Å². The van der Waals surface area contributed by atoms with Crippen LogP contribution in [-0.2, 0) is 16.0 Å². The summed E-state index contributed by atoms with van der Waals surface area (Å²) < 4.78 is 0.932. The number of nitrogens with one attached hydrogen (secondary N) is 1. The van der Waals surface area contributed by atoms with Crippen molar-refractivity contribution >= 4 is 27.8 Å². The van der Waals surface area contributed by atoms with E-state index in [1.165, 1.54) is 6.92 Å². The van der Waals surface area contributed by atoms with Gasteiger partial charge in [0, 0.05) is 11.0 Å². The fourth-order valence-corrected chi connectivity index (χ4v) is 1.79. The van der Waals surface area contributed by atoms with Gasteiger partial charge in [0.25, 0.3) is 0 Å². The summed E-state index contributed by atoms with van der Waals surface area (Å²) in [5.74, 6) is -1.36. The van der Waals surface area contributed by atoms with Crippen molar-refractivity contribution in [3.8, 4) is 0 Å². The van der Waals surface area contributed by atoms with E-state index >= 15 is 0 Å². The largest absolute Gasteiger partial charge is 0.481 e. The van der Waals surface area contributed by atoms with Crippen LogP contribution in [0.4, 0.5) is 0 Å². The molecular formula is C13H16BrNO4. The summed E-state index contributed by atoms with van der Waals surface area (Å²) in [6.45, 7) is 1.29. The molecule has 1 amide bonds. The Kier molecular flexibility index (Phi) is 5.50. The topological polar surface area (TPSA) is 86.6 Å². The van der Waals surface area contributed by atoms with Crippen LogP contribution in [0.1, 0.15) is 18.9 Å². The molecule has 6 heteroatoms. The van der Waals surface area contributed by atoms with Gasteiger partial charge in [-0.05, 0) is 24.6 Å². The molecule has 3 N–H and O–H groups in total. The average molecular weight is 330 g/mol. The number of amides is 1. The first kappa shape index (κ1) is 15.7. The molecule has 0 spiro atoms. The molecule has 0 radical (unpaired) electrons. The lowest BCUT2D eigenvalue weighted by Crippen LogP contribution is -2.42. The van der Waals surface area contributed by atoms with Crippen molar-refractivity contribution in [3.05, 3.63) is 34.3 Å². The van der Waals surface area contributed by atoms with E-state index in [0.717, 1.165) is 10.0 Å². The lowest BCUT2D eigenvalue weighted by atomic mass is 10.0. The van der Waals surface area contributed by atoms with Crippen molar-refractivity contribution in [3.63, 3.8) is 0 Å². The summed E-state index contributed by atoms with van der Waals surface area (Å²) in [5.41, 5.74) is -0.597. The Morgan fingerprint density at radius 2 is 1.89 bits per heavy atom. The molecule has 1 aromatic rings. The highest BCUT2D eigenvalue weighted by atomic mass is 79.9. The first-order valence-electron chi connectivity index (χ1n) is 5.74. The summed E-state index contributed by atoms with van der Waals surface area (Å²) in [7, 11) is 0. The van der Waals surface area contributed by atoms with E-state index < -0.39 is 18.0 Å². The third kappa shape index (κ3) is 6.35. The molecule has 1 atom stereocenters. The van der Waals surface area contributed by atoms with Crippen LogP contribution in [0.2, 0.25) is 0 Å². The van der Waals surface area contributed by atoms with Gasteiger partial charge < -0.3 is 15.5 Å². The number of aliphatic carboxylic acids is 1. The minimum Gasteiger partial charge on any atom is -0.481 e. The molecule has 0 bridgehead atoms. The number of aliphatic hydroxyl groups is 1. The molecular weight excluding hydrogens is 314 g/mol. The normalized spacial score (nSPS) is 13.6. The van der Waals surface area contributed by atoms with Crippen molar-refractivity contribution in [1.82, 2.24) is 5.32 Å². The Morgan fingerprint density at radius 3 is 2.42 bits per heavy atom. The van der Waals surface area contributed by atoms with Gasteiger partial charge in [0.05, 0.1) is 18.4 Å². The molecule has 1 aromatic carbocycles. The lowest BCUT2D eigenvalue weighted by molar-refractivity contribution is -0.142. The third-order valence-corrected chi connectivity index (χ3v) is 3.01. The summed E-state index contributed by atoms with van der Waals surface area (Å²) in [4.78, 5) is 22.2. The van der Waals surface area contributed by atoms with E-state index in [2.05, 4.69) is 21.2 Å². The second kappa shape index (κ2) is 6.68. The molecule has 0 saturated heterocycles. The van der Waals surface area contributed by atoms with E-state index in [0.29, 0.717) is 0 Å². The first-order chi connectivity index (χ1) is 8.78. The van der Waals surface area contributed by atoms with E-state index in [-0.39, 0.29) is 18.9 Å². The molecule has 0 aliphatic rings. The maximum atomic E-state index is 11.6. The molecule has 5 nitrogen and oxygen atoms in total. The Bertz CT molecular complexity index is 456. The van der Waals surface area contributed by atoms with Crippen molar-refractivity contribution < 1.29 is 19.8 Å². The highest BCUT2D eigenvalue weighted by molar-refractivity contribution is 9.10. The Labute approximate surface area is 119 Å². The molecule has 0 aliphatic heterocycles. The number of carboxylic acid groups (broad SMARTS) is 1. The fraction of sp³-hybridized carbons (Fsp3) is 0.385. The van der Waals surface area contributed by atoms with E-state index in [4.69, 9.17) is 5.11 Å². The number of carbonyl (C=O) groups is 2. The van der Waals surface area contributed by atoms with E-state index in [1.54, 1.807) is 0 Å². The first-order valence-corrected chi connectivity index (χ1v) is 6.53. The van der Waals surface area contributed by atoms with Crippen LogP contribution in [0.3, 0.4) is 0 Å². The lowest BCUT2D eigenvalue weighted by Gasteiger charge is -2.21. The molecule has 19 heavy (non-hydrogen) atoms. The maximum Gasteiger partial charge on any atom is 0.306 e. The SMILES string of the molecule is CC(O)(CNC(=O)Cc1ccc(Br)cc1)CC(=O)O. The van der Waals surface area contributed by atoms with Gasteiger partial charge in [0.2, 0.25) is 5.91 Å². The summed E-state index contributed by atoms with van der Waals surface area (Å²) >= 11 is 3.30. The van der Waals surface area contributed by atoms with Gasteiger partial charge in [-0.15, -0.1) is 0 Å². The van der Waals surface area contributed by atoms with Crippen LogP contribution in [0.5, 0.6) is 0 Å². The summed E-state index contributed by atoms with van der Waals surface area (Å²) in [5, 5.41) is 20.9. The van der Waals surface area contributed by atoms with Crippen molar-refractivity contribution in [1.29, 1.82) is 0 Å². The van der Waals surface area contributed by atoms with Gasteiger partial charge >= 0.3 is 5.97 Å². The molecule has 104 valence electrons. The van der Waals surface area contributed by atoms with E-state index in [1.807, 2.05) is 24.3 Å². The van der Waals surface area contributed by atoms with Crippen LogP contribution < -0.4 is 5.32 Å². The molecule has 0 saturated carbocycles. The monoisotopic (exact) mass is 329 g/mol. The second-order valence-electron chi connectivity index (χ2n) is 4.65. The van der Waals surface area contributed by atoms with Gasteiger partial charge in [-0.3, -0.25) is 9.59 Å². The molecule has 1 unspecified atom stereocenters. The van der Waals surface area contributed by atoms with Crippen LogP contribution in [0.25, 0.3) is 0 Å². The molecule has 0 aromatic heterocycles. The molecule has 0 aliphatic carbocycles. The van der Waals surface area contributed by atoms with E-state index in [9.17, 15) is 14.7 Å². The number of rotatable bonds is 6. The maximum absolute atomic E-state index is 11.6. The highest BCUT2D eigenvalue weighted by Crippen LogP contribution is 2.11. The van der Waals surface area contributed by atoms with Crippen molar-refractivity contribution in [2.75, 3.05) is 6.54 Å². The summed E-state index contributed by atoms with van der Waals surface area (Å²) in [6.07, 6.45) is -0.220. The predicted octanol–water partition coefficient (Wildman–Crippen LogP) is 1.33. The minimum absolute atomic E-state index is 0.0886. The third-order valence-electron chi connectivity index (χ3n) is 2.48. The minimum atomic E-state index is -1.44. The van der Waals surface area contributed by atoms with Crippen LogP contribution in [0.15, 0.2) is 28.7 Å². The Morgan fingerprint density at radius 1 is 1.32 bits per heavy atom. The number of benzene rings is 1. The standard InChI is InChI=1S/C13H16BrNO4/c1-13(19,7-12(17)18)8-15-11(16)6-9-2-4-10(14)5-3-9/h2-5,19H,6-8H2,1H3,(H,15,16)(H,17,18). The number of carbonyl (C=O) groups excluding carboxylic acids is 1. The number of hydrogen-bond donors (Lipinski definition) is 3. The number of carboxylic acids is 1. The van der Waals surface area contributed by atoms with Crippen molar-refractivity contribution in [2.45, 2.75) is 25.4 Å². The van der Waals surface area contributed by atoms with Gasteiger partial charge in [-0.25, -0.2) is 0 Å². The zero-order chi connectivity index (χ0) is 14.5. The van der Waals surface area contributed by atoms with Gasteiger partial charge in [-0.2, -0.15) is 0 Å². The average Bonchev–Trinajstić information content (AvgIpc) is 2.28. The number of halogens is 1. The highest BCUT2D eigenvalue weighted by Gasteiger charge is 2.24. The Balaban J connectivity index is 2.43. The van der Waals surface area contributed by atoms with Gasteiger partial charge in [0.1, 0.15) is 0 Å². The zero-order valence-electron chi connectivity index (χ0n) is 10.5. The number of hydrogen-bond acceptors (Lipinski definition) is 3. The smallest absolute Gasteiger partial charge is 0.306 e. The second-order valence-corrected chi connectivity index (χ2v) is 5.56. The van der Waals surface area contributed by atoms with Crippen molar-refractivity contribution in [2.24, 2.45) is 0 Å². The molecule has 1 rings (SSSR count).